The molecule has 1 N–H and O–H groups in total. The third-order valence-electron chi connectivity index (χ3n) is 5.69. The first kappa shape index (κ1) is 23.4. The molecule has 1 aromatic heterocycles. The minimum atomic E-state index is -0.379. The summed E-state index contributed by atoms with van der Waals surface area (Å²) in [6.07, 6.45) is 1.68. The van der Waals surface area contributed by atoms with Crippen molar-refractivity contribution in [3.63, 3.8) is 0 Å². The lowest BCUT2D eigenvalue weighted by Gasteiger charge is -2.14. The van der Waals surface area contributed by atoms with Gasteiger partial charge < -0.3 is 5.32 Å². The molecular weight excluding hydrogens is 477 g/mol. The molecule has 5 rings (SSSR count). The van der Waals surface area contributed by atoms with Crippen molar-refractivity contribution in [3.8, 4) is 11.3 Å². The number of pyridine rings is 1. The molecule has 178 valence electrons. The van der Waals surface area contributed by atoms with Crippen LogP contribution in [-0.2, 0) is 4.79 Å². The number of aromatic nitrogens is 1. The third kappa shape index (κ3) is 4.89. The molecule has 0 bridgehead atoms. The van der Waals surface area contributed by atoms with Gasteiger partial charge in [-0.25, -0.2) is 9.37 Å². The second kappa shape index (κ2) is 10.1. The van der Waals surface area contributed by atoms with Gasteiger partial charge in [0.05, 0.1) is 21.7 Å². The molecule has 1 aliphatic rings. The summed E-state index contributed by atoms with van der Waals surface area (Å²) < 4.78 is 13.4. The largest absolute Gasteiger partial charge is 0.350 e. The Morgan fingerprint density at radius 2 is 1.69 bits per heavy atom. The number of carbonyl (C=O) groups excluding carboxylic acids is 3. The van der Waals surface area contributed by atoms with Crippen molar-refractivity contribution in [3.05, 3.63) is 107 Å². The average molecular weight is 498 g/mol. The lowest BCUT2D eigenvalue weighted by molar-refractivity contribution is -0.122. The number of benzene rings is 3. The number of fused-ring (bicyclic) bond motifs is 1. The molecular formula is C28H20FN3O3S. The molecule has 1 fully saturated rings. The molecule has 3 aromatic carbocycles. The standard InChI is InChI=1S/C28H20FN3O3S/c29-20-12-10-19(11-13-20)24-17-22(21-8-4-5-9-23(21)31-24)26(33)30-14-15-32-27(34)25(36-28(32)35)16-18-6-2-1-3-7-18/h1-13,16-17H,14-15H2,(H,30,33). The molecule has 6 nitrogen and oxygen atoms in total. The Hall–Kier alpha value is -4.30. The molecule has 0 radical (unpaired) electrons. The lowest BCUT2D eigenvalue weighted by atomic mass is 10.0. The van der Waals surface area contributed by atoms with Crippen LogP contribution in [0.2, 0.25) is 0 Å². The van der Waals surface area contributed by atoms with Crippen LogP contribution >= 0.6 is 11.8 Å². The first-order chi connectivity index (χ1) is 17.5. The number of para-hydroxylation sites is 1. The number of nitrogens with zero attached hydrogens (tertiary/aromatic N) is 2. The Bertz CT molecular complexity index is 1500. The zero-order chi connectivity index (χ0) is 25.1. The van der Waals surface area contributed by atoms with Crippen LogP contribution < -0.4 is 5.32 Å². The van der Waals surface area contributed by atoms with E-state index in [1.807, 2.05) is 42.5 Å². The number of amides is 3. The summed E-state index contributed by atoms with van der Waals surface area (Å²) in [5.41, 5.74) is 3.08. The maximum absolute atomic E-state index is 13.4. The fourth-order valence-corrected chi connectivity index (χ4v) is 4.77. The Kier molecular flexibility index (Phi) is 6.60. The summed E-state index contributed by atoms with van der Waals surface area (Å²) >= 11 is 0.885. The number of hydrogen-bond acceptors (Lipinski definition) is 5. The Labute approximate surface area is 210 Å². The second-order valence-corrected chi connectivity index (χ2v) is 9.07. The van der Waals surface area contributed by atoms with E-state index < -0.39 is 0 Å². The molecule has 3 amide bonds. The van der Waals surface area contributed by atoms with Crippen molar-refractivity contribution in [2.45, 2.75) is 0 Å². The highest BCUT2D eigenvalue weighted by Crippen LogP contribution is 2.32. The predicted octanol–water partition coefficient (Wildman–Crippen LogP) is 5.51. The normalized spacial score (nSPS) is 14.6. The van der Waals surface area contributed by atoms with Gasteiger partial charge in [-0.2, -0.15) is 0 Å². The summed E-state index contributed by atoms with van der Waals surface area (Å²) in [5.74, 6) is -1.09. The third-order valence-corrected chi connectivity index (χ3v) is 6.60. The van der Waals surface area contributed by atoms with Crippen molar-refractivity contribution >= 4 is 45.8 Å². The monoisotopic (exact) mass is 497 g/mol. The smallest absolute Gasteiger partial charge is 0.293 e. The number of hydrogen-bond donors (Lipinski definition) is 1. The number of halogens is 1. The molecule has 0 unspecified atom stereocenters. The average Bonchev–Trinajstić information content (AvgIpc) is 3.16. The van der Waals surface area contributed by atoms with Gasteiger partial charge in [0, 0.05) is 24.0 Å². The molecule has 2 heterocycles. The van der Waals surface area contributed by atoms with Gasteiger partial charge in [-0.05, 0) is 59.8 Å². The van der Waals surface area contributed by atoms with E-state index in [9.17, 15) is 18.8 Å². The summed E-state index contributed by atoms with van der Waals surface area (Å²) in [6.45, 7) is 0.147. The molecule has 8 heteroatoms. The van der Waals surface area contributed by atoms with E-state index >= 15 is 0 Å². The van der Waals surface area contributed by atoms with Gasteiger partial charge in [-0.1, -0.05) is 48.5 Å². The highest BCUT2D eigenvalue weighted by molar-refractivity contribution is 8.18. The van der Waals surface area contributed by atoms with Crippen LogP contribution in [0.4, 0.5) is 9.18 Å². The van der Waals surface area contributed by atoms with Crippen molar-refractivity contribution in [1.82, 2.24) is 15.2 Å². The maximum Gasteiger partial charge on any atom is 0.293 e. The summed E-state index contributed by atoms with van der Waals surface area (Å²) in [4.78, 5) is 44.4. The summed E-state index contributed by atoms with van der Waals surface area (Å²) in [6, 6.07) is 24.1. The Morgan fingerprint density at radius 1 is 0.972 bits per heavy atom. The molecule has 1 saturated heterocycles. The maximum atomic E-state index is 13.4. The molecule has 4 aromatic rings. The van der Waals surface area contributed by atoms with Gasteiger partial charge in [-0.15, -0.1) is 0 Å². The molecule has 0 spiro atoms. The van der Waals surface area contributed by atoms with Crippen LogP contribution in [0.15, 0.2) is 89.8 Å². The highest BCUT2D eigenvalue weighted by Gasteiger charge is 2.34. The van der Waals surface area contributed by atoms with Crippen molar-refractivity contribution < 1.29 is 18.8 Å². The number of carbonyl (C=O) groups is 3. The summed E-state index contributed by atoms with van der Waals surface area (Å²) in [5, 5.41) is 3.10. The molecule has 0 saturated carbocycles. The summed E-state index contributed by atoms with van der Waals surface area (Å²) in [7, 11) is 0. The fourth-order valence-electron chi connectivity index (χ4n) is 3.90. The molecule has 0 atom stereocenters. The number of imide groups is 1. The van der Waals surface area contributed by atoms with E-state index in [0.717, 1.165) is 22.2 Å². The second-order valence-electron chi connectivity index (χ2n) is 8.08. The topological polar surface area (TPSA) is 79.4 Å². The van der Waals surface area contributed by atoms with Gasteiger partial charge in [0.2, 0.25) is 0 Å². The first-order valence-electron chi connectivity index (χ1n) is 11.2. The quantitative estimate of drug-likeness (QED) is 0.356. The molecule has 0 aliphatic carbocycles. The minimum Gasteiger partial charge on any atom is -0.350 e. The van der Waals surface area contributed by atoms with E-state index in [2.05, 4.69) is 10.3 Å². The van der Waals surface area contributed by atoms with Crippen LogP contribution in [0.5, 0.6) is 0 Å². The van der Waals surface area contributed by atoms with E-state index in [0.29, 0.717) is 32.6 Å². The van der Waals surface area contributed by atoms with Gasteiger partial charge in [0.25, 0.3) is 17.1 Å². The van der Waals surface area contributed by atoms with Gasteiger partial charge in [0.15, 0.2) is 0 Å². The predicted molar refractivity (Wildman–Crippen MR) is 139 cm³/mol. The molecule has 1 aliphatic heterocycles. The van der Waals surface area contributed by atoms with Crippen molar-refractivity contribution in [1.29, 1.82) is 0 Å². The van der Waals surface area contributed by atoms with Crippen LogP contribution in [0.1, 0.15) is 15.9 Å². The zero-order valence-corrected chi connectivity index (χ0v) is 19.8. The van der Waals surface area contributed by atoms with Crippen LogP contribution in [0.25, 0.3) is 28.2 Å². The van der Waals surface area contributed by atoms with Gasteiger partial charge >= 0.3 is 0 Å². The SMILES string of the molecule is O=C(NCCN1C(=O)SC(=Cc2ccccc2)C1=O)c1cc(-c2ccc(F)cc2)nc2ccccc12. The number of rotatable bonds is 6. The number of thioether (sulfide) groups is 1. The van der Waals surface area contributed by atoms with Gasteiger partial charge in [0.1, 0.15) is 5.82 Å². The fraction of sp³-hybridized carbons (Fsp3) is 0.0714. The van der Waals surface area contributed by atoms with E-state index in [1.165, 1.54) is 12.1 Å². The van der Waals surface area contributed by atoms with Crippen LogP contribution in [-0.4, -0.2) is 40.0 Å². The molecule has 36 heavy (non-hydrogen) atoms. The minimum absolute atomic E-state index is 0.0520. The number of nitrogens with one attached hydrogen (secondary N) is 1. The van der Waals surface area contributed by atoms with Gasteiger partial charge in [-0.3, -0.25) is 19.3 Å². The van der Waals surface area contributed by atoms with Crippen molar-refractivity contribution in [2.75, 3.05) is 13.1 Å². The van der Waals surface area contributed by atoms with Crippen molar-refractivity contribution in [2.24, 2.45) is 0 Å². The van der Waals surface area contributed by atoms with E-state index in [-0.39, 0.29) is 36.0 Å². The lowest BCUT2D eigenvalue weighted by Crippen LogP contribution is -2.37. The Morgan fingerprint density at radius 3 is 2.47 bits per heavy atom. The zero-order valence-electron chi connectivity index (χ0n) is 19.0. The highest BCUT2D eigenvalue weighted by atomic mass is 32.2. The first-order valence-corrected chi connectivity index (χ1v) is 12.1. The van der Waals surface area contributed by atoms with Crippen LogP contribution in [0, 0.1) is 5.82 Å². The Balaban J connectivity index is 1.32. The van der Waals surface area contributed by atoms with E-state index in [4.69, 9.17) is 0 Å². The van der Waals surface area contributed by atoms with Crippen LogP contribution in [0.3, 0.4) is 0 Å². The van der Waals surface area contributed by atoms with E-state index in [1.54, 1.807) is 36.4 Å².